The van der Waals surface area contributed by atoms with Gasteiger partial charge in [0.1, 0.15) is 11.5 Å². The summed E-state index contributed by atoms with van der Waals surface area (Å²) >= 11 is 0. The SMILES string of the molecule is C[C@@H](Nc1nccc(-c2cccc(-c3cc([C@]4(O)CCN(C)C4=O)on3)n2)n1)c1ncc[nH]1. The Morgan fingerprint density at radius 3 is 2.67 bits per heavy atom. The summed E-state index contributed by atoms with van der Waals surface area (Å²) in [5.74, 6) is 0.925. The smallest absolute Gasteiger partial charge is 0.262 e. The number of hydrogen-bond acceptors (Lipinski definition) is 9. The van der Waals surface area contributed by atoms with E-state index in [1.807, 2.05) is 19.1 Å². The standard InChI is InChI=1S/C22H22N8O3/c1-13(19-23-9-10-24-19)26-21-25-8-6-16(28-21)14-4-3-5-15(27-14)17-12-18(33-29-17)22(32)7-11-30(2)20(22)31/h3-6,8-10,12-13,32H,7,11H2,1-2H3,(H,23,24)(H,25,26,28)/t13-,22-/m1/s1. The zero-order valence-corrected chi connectivity index (χ0v) is 18.1. The fourth-order valence-electron chi connectivity index (χ4n) is 3.74. The van der Waals surface area contributed by atoms with Gasteiger partial charge in [-0.15, -0.1) is 0 Å². The van der Waals surface area contributed by atoms with Crippen molar-refractivity contribution in [1.82, 2.24) is 35.0 Å². The lowest BCUT2D eigenvalue weighted by atomic mass is 9.98. The number of carbonyl (C=O) groups excluding carboxylic acids is 1. The number of amides is 1. The third-order valence-electron chi connectivity index (χ3n) is 5.63. The van der Waals surface area contributed by atoms with Gasteiger partial charge in [0.25, 0.3) is 5.91 Å². The molecule has 33 heavy (non-hydrogen) atoms. The molecule has 0 aromatic carbocycles. The van der Waals surface area contributed by atoms with Crippen molar-refractivity contribution in [3.8, 4) is 22.8 Å². The summed E-state index contributed by atoms with van der Waals surface area (Å²) in [6.45, 7) is 2.40. The number of rotatable bonds is 6. The van der Waals surface area contributed by atoms with Crippen molar-refractivity contribution in [2.24, 2.45) is 0 Å². The second-order valence-corrected chi connectivity index (χ2v) is 7.93. The second kappa shape index (κ2) is 8.10. The summed E-state index contributed by atoms with van der Waals surface area (Å²) in [4.78, 5) is 34.6. The summed E-state index contributed by atoms with van der Waals surface area (Å²) in [5, 5.41) is 18.0. The van der Waals surface area contributed by atoms with Gasteiger partial charge in [0.2, 0.25) is 11.5 Å². The minimum Gasteiger partial charge on any atom is -0.373 e. The Balaban J connectivity index is 1.39. The van der Waals surface area contributed by atoms with E-state index in [9.17, 15) is 9.90 Å². The minimum atomic E-state index is -1.70. The first kappa shape index (κ1) is 20.8. The van der Waals surface area contributed by atoms with Crippen molar-refractivity contribution in [2.45, 2.75) is 25.0 Å². The van der Waals surface area contributed by atoms with Gasteiger partial charge >= 0.3 is 0 Å². The van der Waals surface area contributed by atoms with Crippen molar-refractivity contribution in [1.29, 1.82) is 0 Å². The normalized spacial score (nSPS) is 19.1. The van der Waals surface area contributed by atoms with Crippen LogP contribution in [0.4, 0.5) is 5.95 Å². The Kier molecular flexibility index (Phi) is 5.09. The fourth-order valence-corrected chi connectivity index (χ4v) is 3.74. The molecule has 0 bridgehead atoms. The van der Waals surface area contributed by atoms with Gasteiger partial charge in [0.05, 0.1) is 23.1 Å². The Morgan fingerprint density at radius 2 is 1.94 bits per heavy atom. The first-order valence-corrected chi connectivity index (χ1v) is 10.5. The maximum absolute atomic E-state index is 12.3. The van der Waals surface area contributed by atoms with Gasteiger partial charge in [0, 0.05) is 44.7 Å². The Labute approximate surface area is 188 Å². The van der Waals surface area contributed by atoms with Crippen LogP contribution in [-0.4, -0.2) is 59.6 Å². The zero-order valence-electron chi connectivity index (χ0n) is 18.1. The van der Waals surface area contributed by atoms with E-state index in [-0.39, 0.29) is 18.2 Å². The number of aromatic amines is 1. The van der Waals surface area contributed by atoms with Crippen molar-refractivity contribution < 1.29 is 14.4 Å². The molecule has 1 saturated heterocycles. The molecular formula is C22H22N8O3. The van der Waals surface area contributed by atoms with Crippen LogP contribution in [0.2, 0.25) is 0 Å². The van der Waals surface area contributed by atoms with Gasteiger partial charge in [-0.25, -0.2) is 19.9 Å². The monoisotopic (exact) mass is 446 g/mol. The van der Waals surface area contributed by atoms with Gasteiger partial charge in [-0.05, 0) is 25.1 Å². The zero-order chi connectivity index (χ0) is 23.0. The molecule has 1 amide bonds. The molecule has 1 fully saturated rings. The number of aromatic nitrogens is 6. The van der Waals surface area contributed by atoms with Crippen LogP contribution in [-0.2, 0) is 10.4 Å². The van der Waals surface area contributed by atoms with E-state index in [2.05, 4.69) is 35.4 Å². The average molecular weight is 446 g/mol. The predicted molar refractivity (Wildman–Crippen MR) is 118 cm³/mol. The number of pyridine rings is 1. The molecule has 0 saturated carbocycles. The maximum atomic E-state index is 12.3. The minimum absolute atomic E-state index is 0.105. The van der Waals surface area contributed by atoms with Gasteiger partial charge in [-0.1, -0.05) is 11.2 Å². The number of hydrogen-bond donors (Lipinski definition) is 3. The highest BCUT2D eigenvalue weighted by Gasteiger charge is 2.48. The molecule has 0 unspecified atom stereocenters. The highest BCUT2D eigenvalue weighted by atomic mass is 16.5. The average Bonchev–Trinajstić information content (AvgIpc) is 3.59. The molecule has 11 heteroatoms. The van der Waals surface area contributed by atoms with Crippen molar-refractivity contribution >= 4 is 11.9 Å². The van der Waals surface area contributed by atoms with Gasteiger partial charge in [-0.2, -0.15) is 0 Å². The molecule has 0 aliphatic carbocycles. The maximum Gasteiger partial charge on any atom is 0.262 e. The Bertz CT molecular complexity index is 1290. The molecule has 168 valence electrons. The number of nitrogens with one attached hydrogen (secondary N) is 2. The van der Waals surface area contributed by atoms with E-state index in [4.69, 9.17) is 4.52 Å². The molecule has 0 radical (unpaired) electrons. The van der Waals surface area contributed by atoms with E-state index in [0.717, 1.165) is 5.82 Å². The van der Waals surface area contributed by atoms with Crippen LogP contribution in [0.5, 0.6) is 0 Å². The second-order valence-electron chi connectivity index (χ2n) is 7.93. The van der Waals surface area contributed by atoms with Crippen LogP contribution < -0.4 is 5.32 Å². The molecule has 3 N–H and O–H groups in total. The first-order chi connectivity index (χ1) is 15.9. The summed E-state index contributed by atoms with van der Waals surface area (Å²) in [5.41, 5.74) is 0.484. The number of nitrogens with zero attached hydrogens (tertiary/aromatic N) is 6. The van der Waals surface area contributed by atoms with Crippen LogP contribution >= 0.6 is 0 Å². The highest BCUT2D eigenvalue weighted by molar-refractivity contribution is 5.87. The van der Waals surface area contributed by atoms with E-state index in [1.54, 1.807) is 43.8 Å². The molecule has 1 aliphatic rings. The highest BCUT2D eigenvalue weighted by Crippen LogP contribution is 2.34. The number of carbonyl (C=O) groups is 1. The van der Waals surface area contributed by atoms with Crippen LogP contribution in [0.15, 0.2) is 53.4 Å². The van der Waals surface area contributed by atoms with Gasteiger partial charge in [0.15, 0.2) is 5.76 Å². The number of likely N-dealkylation sites (tertiary alicyclic amines) is 1. The first-order valence-electron chi connectivity index (χ1n) is 10.5. The summed E-state index contributed by atoms with van der Waals surface area (Å²) in [6.07, 6.45) is 5.35. The summed E-state index contributed by atoms with van der Waals surface area (Å²) in [6, 6.07) is 8.65. The quantitative estimate of drug-likeness (QED) is 0.405. The Hall–Kier alpha value is -4.12. The van der Waals surface area contributed by atoms with Crippen molar-refractivity contribution in [2.75, 3.05) is 18.9 Å². The molecule has 0 spiro atoms. The molecular weight excluding hydrogens is 424 g/mol. The molecule has 11 nitrogen and oxygen atoms in total. The lowest BCUT2D eigenvalue weighted by Crippen LogP contribution is -2.35. The van der Waals surface area contributed by atoms with Crippen LogP contribution in [0.25, 0.3) is 22.8 Å². The molecule has 1 aliphatic heterocycles. The number of likely N-dealkylation sites (N-methyl/N-ethyl adjacent to an activating group) is 1. The third-order valence-corrected chi connectivity index (χ3v) is 5.63. The van der Waals surface area contributed by atoms with Crippen LogP contribution in [0.3, 0.4) is 0 Å². The summed E-state index contributed by atoms with van der Waals surface area (Å²) < 4.78 is 5.34. The van der Waals surface area contributed by atoms with E-state index < -0.39 is 11.5 Å². The third kappa shape index (κ3) is 3.82. The van der Waals surface area contributed by atoms with E-state index >= 15 is 0 Å². The molecule has 5 heterocycles. The largest absolute Gasteiger partial charge is 0.373 e. The topological polar surface area (TPSA) is 146 Å². The molecule has 2 atom stereocenters. The lowest BCUT2D eigenvalue weighted by molar-refractivity contribution is -0.144. The predicted octanol–water partition coefficient (Wildman–Crippen LogP) is 2.14. The molecule has 4 aromatic heterocycles. The van der Waals surface area contributed by atoms with Crippen LogP contribution in [0, 0.1) is 0 Å². The van der Waals surface area contributed by atoms with Gasteiger partial charge < -0.3 is 24.8 Å². The summed E-state index contributed by atoms with van der Waals surface area (Å²) in [7, 11) is 1.64. The lowest BCUT2D eigenvalue weighted by Gasteiger charge is -2.16. The number of imidazole rings is 1. The van der Waals surface area contributed by atoms with Crippen LogP contribution in [0.1, 0.15) is 31.0 Å². The molecule has 5 rings (SSSR count). The number of H-pyrrole nitrogens is 1. The Morgan fingerprint density at radius 1 is 1.15 bits per heavy atom. The number of anilines is 1. The van der Waals surface area contributed by atoms with E-state index in [0.29, 0.717) is 35.3 Å². The number of aliphatic hydroxyl groups is 1. The fraction of sp³-hybridized carbons (Fsp3) is 0.273. The molecule has 4 aromatic rings. The van der Waals surface area contributed by atoms with Crippen molar-refractivity contribution in [3.05, 3.63) is 60.5 Å². The van der Waals surface area contributed by atoms with E-state index in [1.165, 1.54) is 4.90 Å². The van der Waals surface area contributed by atoms with Crippen molar-refractivity contribution in [3.63, 3.8) is 0 Å². The van der Waals surface area contributed by atoms with Gasteiger partial charge in [-0.3, -0.25) is 4.79 Å².